The van der Waals surface area contributed by atoms with Crippen molar-refractivity contribution in [3.05, 3.63) is 114 Å². The number of pyridine rings is 2. The van der Waals surface area contributed by atoms with E-state index in [2.05, 4.69) is 9.98 Å². The normalized spacial score (nSPS) is 20.5. The number of nitrogens with zero attached hydrogens (tertiary/aromatic N) is 2. The number of nitrogens with one attached hydrogen (secondary N) is 1. The first-order valence-electron chi connectivity index (χ1n) is 12.0. The predicted molar refractivity (Wildman–Crippen MR) is 153 cm³/mol. The third-order valence-corrected chi connectivity index (χ3v) is 8.28. The molecule has 0 radical (unpaired) electrons. The summed E-state index contributed by atoms with van der Waals surface area (Å²) in [7, 11) is -1.65. The van der Waals surface area contributed by atoms with E-state index in [4.69, 9.17) is 23.2 Å². The van der Waals surface area contributed by atoms with Crippen LogP contribution in [0.3, 0.4) is 0 Å². The Morgan fingerprint density at radius 3 is 2.54 bits per heavy atom. The summed E-state index contributed by atoms with van der Waals surface area (Å²) in [6, 6.07) is 7.40. The van der Waals surface area contributed by atoms with Crippen molar-refractivity contribution in [1.29, 1.82) is 0 Å². The summed E-state index contributed by atoms with van der Waals surface area (Å²) in [6.07, 6.45) is 6.45. The van der Waals surface area contributed by atoms with E-state index in [9.17, 15) is 13.8 Å². The first kappa shape index (κ1) is 28.9. The zero-order valence-electron chi connectivity index (χ0n) is 21.5. The van der Waals surface area contributed by atoms with Crippen molar-refractivity contribution in [3.8, 4) is 0 Å². The Hall–Kier alpha value is -3.14. The van der Waals surface area contributed by atoms with Crippen LogP contribution in [0.5, 0.6) is 0 Å². The Kier molecular flexibility index (Phi) is 8.54. The zero-order chi connectivity index (χ0) is 28.6. The van der Waals surface area contributed by atoms with E-state index < -0.39 is 28.0 Å². The molecule has 0 saturated heterocycles. The quantitative estimate of drug-likeness (QED) is 0.325. The molecule has 1 aromatic carbocycles. The Morgan fingerprint density at radius 1 is 1.18 bits per heavy atom. The van der Waals surface area contributed by atoms with Crippen LogP contribution in [0.15, 0.2) is 74.1 Å². The van der Waals surface area contributed by atoms with Gasteiger partial charge in [0, 0.05) is 35.5 Å². The standard InChI is InChI=1S/C28H25Cl2F2N3O3S/c1-5-9-33-26(17-7-6-8-21(25(17)32)39(4)38)20(31)13-35-14(2)10-18(24(30)28(35)37)22-15(3)23(22)19-11-16(29)12-34-27(19)36/h5-13,15,22-23H,1-4H3,(H,34,36)/b9-5+,20-13-,33-26+/t15-,22?,23?,39?/m0/s1. The lowest BCUT2D eigenvalue weighted by Crippen LogP contribution is -2.21. The fourth-order valence-electron chi connectivity index (χ4n) is 4.79. The smallest absolute Gasteiger partial charge is 0.273 e. The minimum atomic E-state index is -1.65. The fourth-order valence-corrected chi connectivity index (χ4v) is 5.86. The van der Waals surface area contributed by atoms with Gasteiger partial charge < -0.3 is 4.98 Å². The first-order chi connectivity index (χ1) is 18.5. The molecule has 3 unspecified atom stereocenters. The van der Waals surface area contributed by atoms with Gasteiger partial charge in [0.2, 0.25) is 0 Å². The topological polar surface area (TPSA) is 84.3 Å². The van der Waals surface area contributed by atoms with E-state index in [0.29, 0.717) is 21.8 Å². The van der Waals surface area contributed by atoms with Crippen molar-refractivity contribution in [3.63, 3.8) is 0 Å². The molecule has 39 heavy (non-hydrogen) atoms. The van der Waals surface area contributed by atoms with E-state index in [1.165, 1.54) is 42.9 Å². The predicted octanol–water partition coefficient (Wildman–Crippen LogP) is 6.34. The van der Waals surface area contributed by atoms with Crippen LogP contribution < -0.4 is 11.1 Å². The number of aromatic nitrogens is 2. The van der Waals surface area contributed by atoms with Crippen LogP contribution in [-0.2, 0) is 10.8 Å². The molecule has 1 aliphatic rings. The molecule has 0 spiro atoms. The van der Waals surface area contributed by atoms with E-state index >= 15 is 8.78 Å². The van der Waals surface area contributed by atoms with Gasteiger partial charge in [-0.1, -0.05) is 42.3 Å². The van der Waals surface area contributed by atoms with Gasteiger partial charge in [-0.2, -0.15) is 0 Å². The first-order valence-corrected chi connectivity index (χ1v) is 14.3. The number of aromatic amines is 1. The summed E-state index contributed by atoms with van der Waals surface area (Å²) in [4.78, 5) is 32.2. The SMILES string of the molecule is C/C=C/N=C(/C(F)=C/n1c(C)cc(C2C(c3cc(Cl)c[nH]c3=O)[C@H]2C)c(Cl)c1=O)c1cccc(S(C)=O)c1F. The molecule has 11 heteroatoms. The Morgan fingerprint density at radius 2 is 1.87 bits per heavy atom. The molecule has 1 fully saturated rings. The average Bonchev–Trinajstić information content (AvgIpc) is 3.56. The lowest BCUT2D eigenvalue weighted by atomic mass is 10.1. The van der Waals surface area contributed by atoms with Crippen LogP contribution in [0.25, 0.3) is 6.20 Å². The molecule has 0 aliphatic heterocycles. The van der Waals surface area contributed by atoms with Gasteiger partial charge in [0.1, 0.15) is 16.6 Å². The van der Waals surface area contributed by atoms with Crippen molar-refractivity contribution in [2.45, 2.75) is 37.5 Å². The number of rotatable bonds is 7. The molecule has 2 heterocycles. The Balaban J connectivity index is 1.77. The van der Waals surface area contributed by atoms with Crippen LogP contribution in [-0.4, -0.2) is 25.7 Å². The summed E-state index contributed by atoms with van der Waals surface area (Å²) >= 11 is 12.6. The number of hydrogen-bond acceptors (Lipinski definition) is 4. The molecule has 0 bridgehead atoms. The highest BCUT2D eigenvalue weighted by Crippen LogP contribution is 2.60. The number of H-pyrrole nitrogens is 1. The van der Waals surface area contributed by atoms with Crippen molar-refractivity contribution in [2.24, 2.45) is 10.9 Å². The van der Waals surface area contributed by atoms with Gasteiger partial charge in [-0.3, -0.25) is 23.4 Å². The fraction of sp³-hybridized carbons (Fsp3) is 0.250. The number of halogens is 4. The molecule has 0 amide bonds. The van der Waals surface area contributed by atoms with Crippen molar-refractivity contribution in [2.75, 3.05) is 6.26 Å². The Labute approximate surface area is 236 Å². The lowest BCUT2D eigenvalue weighted by molar-refractivity contribution is 0.591. The molecule has 4 rings (SSSR count). The van der Waals surface area contributed by atoms with Crippen LogP contribution in [0.1, 0.15) is 48.1 Å². The van der Waals surface area contributed by atoms with E-state index in [1.54, 1.807) is 26.0 Å². The minimum absolute atomic E-state index is 0.0166. The van der Waals surface area contributed by atoms with Gasteiger partial charge in [-0.05, 0) is 61.4 Å². The molecule has 3 aromatic rings. The second kappa shape index (κ2) is 11.5. The summed E-state index contributed by atoms with van der Waals surface area (Å²) in [6.45, 7) is 5.22. The van der Waals surface area contributed by atoms with Crippen LogP contribution in [0.2, 0.25) is 10.0 Å². The van der Waals surface area contributed by atoms with Crippen LogP contribution in [0.4, 0.5) is 8.78 Å². The number of hydrogen-bond donors (Lipinski definition) is 1. The monoisotopic (exact) mass is 591 g/mol. The van der Waals surface area contributed by atoms with Gasteiger partial charge in [-0.15, -0.1) is 0 Å². The molecule has 2 aromatic heterocycles. The number of aliphatic imine (C=N–C) groups is 1. The lowest BCUT2D eigenvalue weighted by Gasteiger charge is -2.12. The molecule has 204 valence electrons. The van der Waals surface area contributed by atoms with Crippen molar-refractivity contribution < 1.29 is 13.0 Å². The van der Waals surface area contributed by atoms with E-state index in [1.807, 2.05) is 6.92 Å². The maximum absolute atomic E-state index is 15.7. The minimum Gasteiger partial charge on any atom is -0.327 e. The Bertz CT molecular complexity index is 1690. The molecular weight excluding hydrogens is 567 g/mol. The second-order valence-corrected chi connectivity index (χ2v) is 11.4. The van der Waals surface area contributed by atoms with Gasteiger partial charge in [0.25, 0.3) is 11.1 Å². The van der Waals surface area contributed by atoms with E-state index in [0.717, 1.165) is 10.8 Å². The van der Waals surface area contributed by atoms with Crippen molar-refractivity contribution >= 4 is 45.9 Å². The zero-order valence-corrected chi connectivity index (χ0v) is 23.8. The molecule has 6 nitrogen and oxygen atoms in total. The number of allylic oxidation sites excluding steroid dienone is 2. The van der Waals surface area contributed by atoms with Crippen LogP contribution >= 0.6 is 23.2 Å². The highest BCUT2D eigenvalue weighted by molar-refractivity contribution is 7.84. The largest absolute Gasteiger partial charge is 0.327 e. The third kappa shape index (κ3) is 5.62. The van der Waals surface area contributed by atoms with Gasteiger partial charge in [-0.25, -0.2) is 8.78 Å². The van der Waals surface area contributed by atoms with E-state index in [-0.39, 0.29) is 44.5 Å². The number of benzene rings is 1. The summed E-state index contributed by atoms with van der Waals surface area (Å²) in [5.41, 5.74) is -0.0828. The second-order valence-electron chi connectivity index (χ2n) is 9.25. The summed E-state index contributed by atoms with van der Waals surface area (Å²) < 4.78 is 43.7. The molecular formula is C28H25Cl2F2N3O3S. The molecule has 4 atom stereocenters. The van der Waals surface area contributed by atoms with Crippen molar-refractivity contribution in [1.82, 2.24) is 9.55 Å². The molecule has 1 aliphatic carbocycles. The molecule has 1 saturated carbocycles. The van der Waals surface area contributed by atoms with Crippen LogP contribution in [0, 0.1) is 18.7 Å². The molecule has 1 N–H and O–H groups in total. The van der Waals surface area contributed by atoms with Gasteiger partial charge in [0.15, 0.2) is 5.83 Å². The van der Waals surface area contributed by atoms with Gasteiger partial charge in [0.05, 0.1) is 26.9 Å². The number of aryl methyl sites for hydroxylation is 1. The highest BCUT2D eigenvalue weighted by Gasteiger charge is 2.51. The maximum Gasteiger partial charge on any atom is 0.273 e. The average molecular weight is 592 g/mol. The summed E-state index contributed by atoms with van der Waals surface area (Å²) in [5.74, 6) is -2.24. The van der Waals surface area contributed by atoms with Gasteiger partial charge >= 0.3 is 0 Å². The maximum atomic E-state index is 15.7. The third-order valence-electron chi connectivity index (χ3n) is 6.75. The summed E-state index contributed by atoms with van der Waals surface area (Å²) in [5, 5.41) is 0.284. The highest BCUT2D eigenvalue weighted by atomic mass is 35.5.